The Balaban J connectivity index is 2.17. The number of benzene rings is 3. The summed E-state index contributed by atoms with van der Waals surface area (Å²) in [5.41, 5.74) is 4.44. The second-order valence-corrected chi connectivity index (χ2v) is 5.37. The number of methoxy groups -OCH3 is 1. The van der Waals surface area contributed by atoms with Crippen molar-refractivity contribution in [3.8, 4) is 11.1 Å². The maximum absolute atomic E-state index is 12.4. The lowest BCUT2D eigenvalue weighted by molar-refractivity contribution is -0.133. The molecule has 0 unspecified atom stereocenters. The van der Waals surface area contributed by atoms with E-state index in [2.05, 4.69) is 0 Å². The van der Waals surface area contributed by atoms with Crippen LogP contribution in [0.3, 0.4) is 0 Å². The molecule has 0 saturated heterocycles. The third-order valence-electron chi connectivity index (χ3n) is 3.82. The van der Waals surface area contributed by atoms with Gasteiger partial charge in [0.25, 0.3) is 0 Å². The highest BCUT2D eigenvalue weighted by atomic mass is 16.5. The predicted molar refractivity (Wildman–Crippen MR) is 98.2 cm³/mol. The molecule has 24 heavy (non-hydrogen) atoms. The molecule has 0 aliphatic carbocycles. The fourth-order valence-electron chi connectivity index (χ4n) is 2.66. The lowest BCUT2D eigenvalue weighted by Gasteiger charge is -2.12. The minimum Gasteiger partial charge on any atom is -0.465 e. The summed E-state index contributed by atoms with van der Waals surface area (Å²) in [6.45, 7) is 0. The first kappa shape index (κ1) is 15.8. The Bertz CT molecular complexity index is 849. The first-order valence-corrected chi connectivity index (χ1v) is 7.79. The Hall–Kier alpha value is -3.13. The summed E-state index contributed by atoms with van der Waals surface area (Å²) >= 11 is 0. The topological polar surface area (TPSA) is 26.3 Å². The van der Waals surface area contributed by atoms with Crippen molar-refractivity contribution in [2.24, 2.45) is 0 Å². The van der Waals surface area contributed by atoms with Gasteiger partial charge in [-0.1, -0.05) is 84.9 Å². The second-order valence-electron chi connectivity index (χ2n) is 5.37. The van der Waals surface area contributed by atoms with Crippen molar-refractivity contribution in [3.63, 3.8) is 0 Å². The van der Waals surface area contributed by atoms with E-state index in [9.17, 15) is 4.79 Å². The number of carbonyl (C=O) groups is 1. The van der Waals surface area contributed by atoms with Crippen LogP contribution in [0.5, 0.6) is 0 Å². The fraction of sp³-hybridized carbons (Fsp3) is 0.0455. The fourth-order valence-corrected chi connectivity index (χ4v) is 2.66. The molecule has 0 atom stereocenters. The number of ether oxygens (including phenoxy) is 1. The monoisotopic (exact) mass is 314 g/mol. The molecule has 0 aromatic heterocycles. The molecule has 0 fully saturated rings. The molecule has 3 rings (SSSR count). The molecule has 0 heterocycles. The standard InChI is InChI=1S/C22H18O2/c1-24-22(23)21(16-17-10-4-2-5-11-17)20-15-9-8-14-19(20)18-12-6-3-7-13-18/h2-16H,1H3/b21-16+. The van der Waals surface area contributed by atoms with Crippen molar-refractivity contribution in [2.75, 3.05) is 7.11 Å². The van der Waals surface area contributed by atoms with Crippen LogP contribution in [0.15, 0.2) is 84.9 Å². The Labute approximate surface area is 142 Å². The molecule has 0 bridgehead atoms. The summed E-state index contributed by atoms with van der Waals surface area (Å²) in [6.07, 6.45) is 1.87. The molecular formula is C22H18O2. The quantitative estimate of drug-likeness (QED) is 0.382. The van der Waals surface area contributed by atoms with E-state index in [0.29, 0.717) is 5.57 Å². The van der Waals surface area contributed by atoms with Crippen molar-refractivity contribution in [1.29, 1.82) is 0 Å². The largest absolute Gasteiger partial charge is 0.465 e. The summed E-state index contributed by atoms with van der Waals surface area (Å²) in [6, 6.07) is 27.7. The molecule has 0 saturated carbocycles. The van der Waals surface area contributed by atoms with Crippen LogP contribution in [0.1, 0.15) is 11.1 Å². The van der Waals surface area contributed by atoms with Gasteiger partial charge >= 0.3 is 5.97 Å². The Morgan fingerprint density at radius 1 is 0.792 bits per heavy atom. The van der Waals surface area contributed by atoms with Crippen LogP contribution in [-0.4, -0.2) is 13.1 Å². The summed E-state index contributed by atoms with van der Waals surface area (Å²) in [4.78, 5) is 12.4. The zero-order valence-electron chi connectivity index (χ0n) is 13.5. The Morgan fingerprint density at radius 3 is 2.04 bits per heavy atom. The van der Waals surface area contributed by atoms with Gasteiger partial charge in [0.15, 0.2) is 0 Å². The molecule has 118 valence electrons. The van der Waals surface area contributed by atoms with Gasteiger partial charge in [-0.3, -0.25) is 0 Å². The van der Waals surface area contributed by atoms with E-state index >= 15 is 0 Å². The maximum atomic E-state index is 12.4. The third-order valence-corrected chi connectivity index (χ3v) is 3.82. The van der Waals surface area contributed by atoms with Crippen molar-refractivity contribution in [1.82, 2.24) is 0 Å². The minimum atomic E-state index is -0.345. The number of esters is 1. The summed E-state index contributed by atoms with van der Waals surface area (Å²) in [7, 11) is 1.41. The number of rotatable bonds is 4. The van der Waals surface area contributed by atoms with E-state index in [1.54, 1.807) is 0 Å². The molecule has 0 aliphatic heterocycles. The van der Waals surface area contributed by atoms with Gasteiger partial charge in [-0.05, 0) is 28.3 Å². The summed E-state index contributed by atoms with van der Waals surface area (Å²) in [5.74, 6) is -0.345. The average molecular weight is 314 g/mol. The van der Waals surface area contributed by atoms with Crippen LogP contribution >= 0.6 is 0 Å². The number of hydrogen-bond donors (Lipinski definition) is 0. The molecule has 0 amide bonds. The van der Waals surface area contributed by atoms with Crippen LogP contribution in [0.25, 0.3) is 22.8 Å². The van der Waals surface area contributed by atoms with Gasteiger partial charge in [0, 0.05) is 0 Å². The second kappa shape index (κ2) is 7.42. The molecule has 2 nitrogen and oxygen atoms in total. The lowest BCUT2D eigenvalue weighted by atomic mass is 9.93. The van der Waals surface area contributed by atoms with Crippen molar-refractivity contribution in [2.45, 2.75) is 0 Å². The summed E-state index contributed by atoms with van der Waals surface area (Å²) in [5, 5.41) is 0. The predicted octanol–water partition coefficient (Wildman–Crippen LogP) is 5.07. The molecule has 3 aromatic carbocycles. The molecule has 0 N–H and O–H groups in total. The zero-order valence-corrected chi connectivity index (χ0v) is 13.5. The van der Waals surface area contributed by atoms with Crippen molar-refractivity contribution >= 4 is 17.6 Å². The molecule has 2 heteroatoms. The van der Waals surface area contributed by atoms with E-state index in [1.165, 1.54) is 7.11 Å². The van der Waals surface area contributed by atoms with E-state index < -0.39 is 0 Å². The van der Waals surface area contributed by atoms with Gasteiger partial charge in [-0.25, -0.2) is 4.79 Å². The van der Waals surface area contributed by atoms with E-state index in [0.717, 1.165) is 22.3 Å². The molecule has 0 spiro atoms. The molecule has 0 radical (unpaired) electrons. The van der Waals surface area contributed by atoms with Crippen LogP contribution in [0, 0.1) is 0 Å². The van der Waals surface area contributed by atoms with E-state index in [1.807, 2.05) is 91.0 Å². The number of carbonyl (C=O) groups excluding carboxylic acids is 1. The van der Waals surface area contributed by atoms with Crippen molar-refractivity contribution < 1.29 is 9.53 Å². The van der Waals surface area contributed by atoms with E-state index in [4.69, 9.17) is 4.74 Å². The zero-order chi connectivity index (χ0) is 16.8. The van der Waals surface area contributed by atoms with Crippen LogP contribution in [-0.2, 0) is 9.53 Å². The highest BCUT2D eigenvalue weighted by molar-refractivity contribution is 6.23. The van der Waals surface area contributed by atoms with Crippen LogP contribution < -0.4 is 0 Å². The van der Waals surface area contributed by atoms with Crippen molar-refractivity contribution in [3.05, 3.63) is 96.1 Å². The SMILES string of the molecule is COC(=O)/C(=C/c1ccccc1)c1ccccc1-c1ccccc1. The highest BCUT2D eigenvalue weighted by Gasteiger charge is 2.16. The summed E-state index contributed by atoms with van der Waals surface area (Å²) < 4.78 is 5.02. The van der Waals surface area contributed by atoms with Crippen LogP contribution in [0.2, 0.25) is 0 Å². The Morgan fingerprint density at radius 2 is 1.38 bits per heavy atom. The van der Waals surface area contributed by atoms with Gasteiger partial charge < -0.3 is 4.74 Å². The molecule has 0 aliphatic rings. The van der Waals surface area contributed by atoms with Gasteiger partial charge in [-0.2, -0.15) is 0 Å². The number of hydrogen-bond acceptors (Lipinski definition) is 2. The van der Waals surface area contributed by atoms with Gasteiger partial charge in [0.2, 0.25) is 0 Å². The van der Waals surface area contributed by atoms with Crippen LogP contribution in [0.4, 0.5) is 0 Å². The first-order chi connectivity index (χ1) is 11.8. The normalized spacial score (nSPS) is 11.1. The first-order valence-electron chi connectivity index (χ1n) is 7.79. The maximum Gasteiger partial charge on any atom is 0.338 e. The van der Waals surface area contributed by atoms with Gasteiger partial charge in [0.1, 0.15) is 0 Å². The molecule has 3 aromatic rings. The lowest BCUT2D eigenvalue weighted by Crippen LogP contribution is -2.05. The molecular weight excluding hydrogens is 296 g/mol. The van der Waals surface area contributed by atoms with E-state index in [-0.39, 0.29) is 5.97 Å². The smallest absolute Gasteiger partial charge is 0.338 e. The van der Waals surface area contributed by atoms with Gasteiger partial charge in [0.05, 0.1) is 12.7 Å². The van der Waals surface area contributed by atoms with Gasteiger partial charge in [-0.15, -0.1) is 0 Å². The highest BCUT2D eigenvalue weighted by Crippen LogP contribution is 2.30. The third kappa shape index (κ3) is 3.44. The Kier molecular flexibility index (Phi) is 4.87. The average Bonchev–Trinajstić information content (AvgIpc) is 2.67. The minimum absolute atomic E-state index is 0.345.